The lowest BCUT2D eigenvalue weighted by Crippen LogP contribution is -2.14. The summed E-state index contributed by atoms with van der Waals surface area (Å²) < 4.78 is 0. The highest BCUT2D eigenvalue weighted by molar-refractivity contribution is 5.14. The molecule has 0 heterocycles. The maximum absolute atomic E-state index is 1.62. The van der Waals surface area contributed by atoms with Gasteiger partial charge in [-0.3, -0.25) is 0 Å². The van der Waals surface area contributed by atoms with Crippen LogP contribution < -0.4 is 0 Å². The predicted molar refractivity (Wildman–Crippen MR) is 27.8 cm³/mol. The molecule has 0 nitrogen and oxygen atoms in total. The van der Waals surface area contributed by atoms with Gasteiger partial charge in [-0.05, 0) is 42.9 Å². The highest BCUT2D eigenvalue weighted by atomic mass is 14.7. The van der Waals surface area contributed by atoms with Crippen LogP contribution in [0.4, 0.5) is 0 Å². The maximum Gasteiger partial charge on any atom is -0.0323 e. The molecule has 0 radical (unpaired) electrons. The molecular weight excluding hydrogens is 84.1 g/mol. The molecule has 0 heteroatoms. The van der Waals surface area contributed by atoms with Gasteiger partial charge in [0.05, 0.1) is 0 Å². The minimum Gasteiger partial charge on any atom is -0.0499 e. The molecule has 0 aromatic rings. The molecule has 3 aliphatic carbocycles. The molecule has 3 aliphatic rings. The van der Waals surface area contributed by atoms with Gasteiger partial charge in [-0.2, -0.15) is 0 Å². The standard InChI is InChI=1S/C7H10/c1-2-5-6-3-4(1)7(5)6/h4-7H,1-3H2/t4-,5?,6?,7+/m1/s1. The summed E-state index contributed by atoms with van der Waals surface area (Å²) in [6.45, 7) is 0. The lowest BCUT2D eigenvalue weighted by molar-refractivity contribution is 0.270. The second kappa shape index (κ2) is 0.667. The van der Waals surface area contributed by atoms with Gasteiger partial charge < -0.3 is 0 Å². The third-order valence-electron chi connectivity index (χ3n) is 3.39. The summed E-state index contributed by atoms with van der Waals surface area (Å²) in [5.74, 6) is 5.03. The fourth-order valence-electron chi connectivity index (χ4n) is 2.94. The maximum atomic E-state index is 1.62. The highest BCUT2D eigenvalue weighted by Gasteiger charge is 2.65. The second-order valence-electron chi connectivity index (χ2n) is 3.48. The van der Waals surface area contributed by atoms with Gasteiger partial charge in [0.15, 0.2) is 0 Å². The summed E-state index contributed by atoms with van der Waals surface area (Å²) in [6.07, 6.45) is 4.81. The van der Waals surface area contributed by atoms with Crippen molar-refractivity contribution in [1.82, 2.24) is 0 Å². The Morgan fingerprint density at radius 3 is 2.14 bits per heavy atom. The van der Waals surface area contributed by atoms with Gasteiger partial charge in [0.1, 0.15) is 0 Å². The van der Waals surface area contributed by atoms with Crippen LogP contribution >= 0.6 is 0 Å². The van der Waals surface area contributed by atoms with Crippen LogP contribution in [0, 0.1) is 23.7 Å². The Balaban J connectivity index is 2.07. The smallest absolute Gasteiger partial charge is 0.0323 e. The van der Waals surface area contributed by atoms with Gasteiger partial charge in [-0.15, -0.1) is 0 Å². The lowest BCUT2D eigenvalue weighted by Gasteiger charge is -2.23. The summed E-state index contributed by atoms with van der Waals surface area (Å²) in [7, 11) is 0. The van der Waals surface area contributed by atoms with E-state index in [4.69, 9.17) is 0 Å². The largest absolute Gasteiger partial charge is 0.0499 e. The summed E-state index contributed by atoms with van der Waals surface area (Å²) in [5.41, 5.74) is 0. The molecule has 2 unspecified atom stereocenters. The van der Waals surface area contributed by atoms with Crippen LogP contribution in [0.15, 0.2) is 0 Å². The van der Waals surface area contributed by atoms with Gasteiger partial charge in [0, 0.05) is 0 Å². The molecule has 3 fully saturated rings. The molecule has 0 amide bonds. The van der Waals surface area contributed by atoms with E-state index in [0.29, 0.717) is 0 Å². The number of hydrogen-bond donors (Lipinski definition) is 0. The molecule has 0 bridgehead atoms. The number of hydrogen-bond acceptors (Lipinski definition) is 0. The average Bonchev–Trinajstić information content (AvgIpc) is 2.02. The van der Waals surface area contributed by atoms with E-state index in [-0.39, 0.29) is 0 Å². The first-order valence-corrected chi connectivity index (χ1v) is 3.47. The Hall–Kier alpha value is 0. The van der Waals surface area contributed by atoms with E-state index in [2.05, 4.69) is 0 Å². The van der Waals surface area contributed by atoms with Crippen LogP contribution in [-0.2, 0) is 0 Å². The van der Waals surface area contributed by atoms with E-state index in [1.807, 2.05) is 0 Å². The topological polar surface area (TPSA) is 0 Å². The predicted octanol–water partition coefficient (Wildman–Crippen LogP) is 1.66. The average molecular weight is 94.2 g/mol. The molecule has 7 heavy (non-hydrogen) atoms. The summed E-state index contributed by atoms with van der Waals surface area (Å²) >= 11 is 0. The van der Waals surface area contributed by atoms with Gasteiger partial charge in [0.2, 0.25) is 0 Å². The van der Waals surface area contributed by atoms with Crippen LogP contribution in [0.3, 0.4) is 0 Å². The fraction of sp³-hybridized carbons (Fsp3) is 1.00. The molecule has 0 aliphatic heterocycles. The molecule has 38 valence electrons. The Bertz CT molecular complexity index is 104. The van der Waals surface area contributed by atoms with Gasteiger partial charge in [-0.25, -0.2) is 0 Å². The van der Waals surface area contributed by atoms with Crippen molar-refractivity contribution in [3.05, 3.63) is 0 Å². The van der Waals surface area contributed by atoms with E-state index in [0.717, 1.165) is 0 Å². The van der Waals surface area contributed by atoms with E-state index >= 15 is 0 Å². The van der Waals surface area contributed by atoms with Gasteiger partial charge in [0.25, 0.3) is 0 Å². The van der Waals surface area contributed by atoms with Crippen molar-refractivity contribution in [3.63, 3.8) is 0 Å². The van der Waals surface area contributed by atoms with Crippen molar-refractivity contribution in [3.8, 4) is 0 Å². The summed E-state index contributed by atoms with van der Waals surface area (Å²) in [4.78, 5) is 0. The molecule has 4 atom stereocenters. The van der Waals surface area contributed by atoms with Crippen molar-refractivity contribution in [2.45, 2.75) is 19.3 Å². The van der Waals surface area contributed by atoms with E-state index in [1.54, 1.807) is 19.3 Å². The van der Waals surface area contributed by atoms with E-state index in [1.165, 1.54) is 23.7 Å². The van der Waals surface area contributed by atoms with Crippen LogP contribution in [-0.4, -0.2) is 0 Å². The Morgan fingerprint density at radius 2 is 2.00 bits per heavy atom. The lowest BCUT2D eigenvalue weighted by atomic mass is 9.82. The van der Waals surface area contributed by atoms with Crippen molar-refractivity contribution >= 4 is 0 Å². The normalized spacial score (nSPS) is 72.0. The van der Waals surface area contributed by atoms with Crippen molar-refractivity contribution in [2.75, 3.05) is 0 Å². The third kappa shape index (κ3) is 0.181. The first kappa shape index (κ1) is 3.11. The molecule has 0 N–H and O–H groups in total. The van der Waals surface area contributed by atoms with Crippen molar-refractivity contribution in [1.29, 1.82) is 0 Å². The van der Waals surface area contributed by atoms with Gasteiger partial charge >= 0.3 is 0 Å². The van der Waals surface area contributed by atoms with Gasteiger partial charge in [-0.1, -0.05) is 0 Å². The zero-order valence-corrected chi connectivity index (χ0v) is 4.43. The second-order valence-corrected chi connectivity index (χ2v) is 3.48. The number of rotatable bonds is 0. The summed E-state index contributed by atoms with van der Waals surface area (Å²) in [6, 6.07) is 0. The SMILES string of the molecule is C1C[C@@H]2CC3C1[C@@H]32. The Morgan fingerprint density at radius 1 is 1.00 bits per heavy atom. The zero-order valence-electron chi connectivity index (χ0n) is 4.43. The Labute approximate surface area is 43.9 Å². The van der Waals surface area contributed by atoms with E-state index in [9.17, 15) is 0 Å². The Kier molecular flexibility index (Phi) is 0.296. The first-order valence-electron chi connectivity index (χ1n) is 3.47. The first-order chi connectivity index (χ1) is 3.47. The zero-order chi connectivity index (χ0) is 4.43. The summed E-state index contributed by atoms with van der Waals surface area (Å²) in [5, 5.41) is 0. The highest BCUT2D eigenvalue weighted by Crippen LogP contribution is 2.72. The molecule has 3 saturated carbocycles. The number of fused-ring (bicyclic) bond motifs is 1. The molecule has 0 spiro atoms. The minimum absolute atomic E-state index is 1.23. The van der Waals surface area contributed by atoms with E-state index < -0.39 is 0 Å². The van der Waals surface area contributed by atoms with Crippen molar-refractivity contribution < 1.29 is 0 Å². The van der Waals surface area contributed by atoms with Crippen LogP contribution in [0.25, 0.3) is 0 Å². The molecule has 3 rings (SSSR count). The van der Waals surface area contributed by atoms with Crippen molar-refractivity contribution in [2.24, 2.45) is 23.7 Å². The molecule has 0 aromatic heterocycles. The molecular formula is C7H10. The molecule has 0 saturated heterocycles. The fourth-order valence-corrected chi connectivity index (χ4v) is 2.94. The molecule has 0 aromatic carbocycles. The van der Waals surface area contributed by atoms with Crippen LogP contribution in [0.5, 0.6) is 0 Å². The monoisotopic (exact) mass is 94.1 g/mol. The third-order valence-corrected chi connectivity index (χ3v) is 3.39. The van der Waals surface area contributed by atoms with Crippen LogP contribution in [0.1, 0.15) is 19.3 Å². The minimum atomic E-state index is 1.23. The van der Waals surface area contributed by atoms with Crippen LogP contribution in [0.2, 0.25) is 0 Å². The quantitative estimate of drug-likeness (QED) is 0.428.